The fraction of sp³-hybridized carbons (Fsp3) is 0.0714. The summed E-state index contributed by atoms with van der Waals surface area (Å²) in [4.78, 5) is 11.5. The van der Waals surface area contributed by atoms with Crippen LogP contribution >= 0.6 is 11.6 Å². The van der Waals surface area contributed by atoms with Crippen LogP contribution in [0.5, 0.6) is 5.75 Å². The topological polar surface area (TPSA) is 38.3 Å². The Morgan fingerprint density at radius 1 is 1.11 bits per heavy atom. The van der Waals surface area contributed by atoms with E-state index in [1.165, 1.54) is 0 Å². The number of carbonyl (C=O) groups is 1. The maximum absolute atomic E-state index is 11.5. The summed E-state index contributed by atoms with van der Waals surface area (Å²) in [5.74, 6) is 0.515. The van der Waals surface area contributed by atoms with Gasteiger partial charge in [0.15, 0.2) is 0 Å². The molecule has 92 valence electrons. The van der Waals surface area contributed by atoms with E-state index in [1.54, 1.807) is 36.4 Å². The number of hydrogen-bond donors (Lipinski definition) is 1. The summed E-state index contributed by atoms with van der Waals surface area (Å²) in [7, 11) is 0. The van der Waals surface area contributed by atoms with Gasteiger partial charge in [0.05, 0.1) is 0 Å². The second-order valence-electron chi connectivity index (χ2n) is 3.69. The molecule has 0 aromatic heterocycles. The van der Waals surface area contributed by atoms with Crippen LogP contribution in [0.15, 0.2) is 54.6 Å². The first-order valence-electron chi connectivity index (χ1n) is 5.49. The van der Waals surface area contributed by atoms with Crippen molar-refractivity contribution >= 4 is 17.7 Å². The van der Waals surface area contributed by atoms with E-state index in [9.17, 15) is 4.79 Å². The number of amides is 1. The molecular weight excluding hydrogens is 250 g/mol. The molecule has 4 heteroatoms. The molecule has 0 aliphatic rings. The van der Waals surface area contributed by atoms with Crippen molar-refractivity contribution in [3.05, 3.63) is 65.2 Å². The van der Waals surface area contributed by atoms with E-state index in [0.29, 0.717) is 17.3 Å². The molecule has 0 unspecified atom stereocenters. The molecule has 1 amide bonds. The van der Waals surface area contributed by atoms with Gasteiger partial charge in [0.2, 0.25) is 0 Å². The van der Waals surface area contributed by atoms with Gasteiger partial charge in [-0.05, 0) is 29.8 Å². The first kappa shape index (κ1) is 12.5. The first-order valence-corrected chi connectivity index (χ1v) is 5.87. The predicted molar refractivity (Wildman–Crippen MR) is 70.8 cm³/mol. The minimum absolute atomic E-state index is 0.381. The molecule has 0 fully saturated rings. The highest BCUT2D eigenvalue weighted by atomic mass is 35.5. The van der Waals surface area contributed by atoms with Crippen molar-refractivity contribution in [2.75, 3.05) is 0 Å². The molecule has 0 spiro atoms. The molecule has 0 radical (unpaired) electrons. The van der Waals surface area contributed by atoms with Crippen molar-refractivity contribution in [2.24, 2.45) is 0 Å². The lowest BCUT2D eigenvalue weighted by molar-refractivity contribution is 0.200. The van der Waals surface area contributed by atoms with Crippen LogP contribution in [0.1, 0.15) is 5.56 Å². The molecule has 3 nitrogen and oxygen atoms in total. The van der Waals surface area contributed by atoms with Gasteiger partial charge in [-0.3, -0.25) is 0 Å². The summed E-state index contributed by atoms with van der Waals surface area (Å²) in [6.45, 7) is 0.381. The van der Waals surface area contributed by atoms with Gasteiger partial charge >= 0.3 is 6.09 Å². The van der Waals surface area contributed by atoms with E-state index in [2.05, 4.69) is 5.32 Å². The van der Waals surface area contributed by atoms with Crippen LogP contribution in [0.4, 0.5) is 4.79 Å². The summed E-state index contributed by atoms with van der Waals surface area (Å²) in [5.41, 5.74) is 0.924. The lowest BCUT2D eigenvalue weighted by atomic mass is 10.2. The number of benzene rings is 2. The number of ether oxygens (including phenoxy) is 1. The summed E-state index contributed by atoms with van der Waals surface area (Å²) in [6, 6.07) is 16.2. The van der Waals surface area contributed by atoms with Gasteiger partial charge in [-0.25, -0.2) is 4.79 Å². The summed E-state index contributed by atoms with van der Waals surface area (Å²) in [5, 5.41) is 3.30. The van der Waals surface area contributed by atoms with E-state index in [1.807, 2.05) is 18.2 Å². The van der Waals surface area contributed by atoms with E-state index in [0.717, 1.165) is 5.56 Å². The summed E-state index contributed by atoms with van der Waals surface area (Å²) >= 11 is 5.85. The molecule has 0 aliphatic heterocycles. The Morgan fingerprint density at radius 2 is 1.89 bits per heavy atom. The second-order valence-corrected chi connectivity index (χ2v) is 4.12. The van der Waals surface area contributed by atoms with E-state index >= 15 is 0 Å². The number of carbonyl (C=O) groups excluding carboxylic acids is 1. The molecule has 0 atom stereocenters. The van der Waals surface area contributed by atoms with Crippen molar-refractivity contribution in [3.63, 3.8) is 0 Å². The number of halogens is 1. The highest BCUT2D eigenvalue weighted by Crippen LogP contribution is 2.11. The second kappa shape index (κ2) is 6.07. The quantitative estimate of drug-likeness (QED) is 0.916. The lowest BCUT2D eigenvalue weighted by Gasteiger charge is -2.06. The van der Waals surface area contributed by atoms with Crippen LogP contribution in [0.2, 0.25) is 5.02 Å². The van der Waals surface area contributed by atoms with Crippen LogP contribution in [0.3, 0.4) is 0 Å². The standard InChI is InChI=1S/C14H12ClNO2/c15-12-6-4-5-11(9-12)10-16-14(17)18-13-7-2-1-3-8-13/h1-9H,10H2,(H,16,17). The maximum atomic E-state index is 11.5. The third kappa shape index (κ3) is 3.79. The van der Waals surface area contributed by atoms with Crippen molar-refractivity contribution in [1.82, 2.24) is 5.32 Å². The van der Waals surface area contributed by atoms with E-state index < -0.39 is 6.09 Å². The molecular formula is C14H12ClNO2. The molecule has 1 N–H and O–H groups in total. The lowest BCUT2D eigenvalue weighted by Crippen LogP contribution is -2.26. The zero-order valence-corrected chi connectivity index (χ0v) is 10.4. The number of hydrogen-bond acceptors (Lipinski definition) is 2. The Bertz CT molecular complexity index is 528. The van der Waals surface area contributed by atoms with Crippen LogP contribution in [-0.4, -0.2) is 6.09 Å². The van der Waals surface area contributed by atoms with Gasteiger partial charge in [-0.15, -0.1) is 0 Å². The molecule has 0 saturated heterocycles. The molecule has 0 saturated carbocycles. The third-order valence-corrected chi connectivity index (χ3v) is 2.51. The normalized spacial score (nSPS) is 9.83. The zero-order chi connectivity index (χ0) is 12.8. The molecule has 0 heterocycles. The Hall–Kier alpha value is -2.00. The van der Waals surface area contributed by atoms with Crippen molar-refractivity contribution in [1.29, 1.82) is 0 Å². The van der Waals surface area contributed by atoms with Crippen molar-refractivity contribution in [2.45, 2.75) is 6.54 Å². The van der Waals surface area contributed by atoms with Crippen LogP contribution in [0, 0.1) is 0 Å². The highest BCUT2D eigenvalue weighted by Gasteiger charge is 2.03. The zero-order valence-electron chi connectivity index (χ0n) is 9.60. The smallest absolute Gasteiger partial charge is 0.410 e. The Kier molecular flexibility index (Phi) is 4.20. The molecule has 2 rings (SSSR count). The van der Waals surface area contributed by atoms with E-state index in [-0.39, 0.29) is 0 Å². The molecule has 0 aliphatic carbocycles. The van der Waals surface area contributed by atoms with Crippen molar-refractivity contribution < 1.29 is 9.53 Å². The average Bonchev–Trinajstić information content (AvgIpc) is 2.38. The fourth-order valence-corrected chi connectivity index (χ4v) is 1.67. The fourth-order valence-electron chi connectivity index (χ4n) is 1.45. The average molecular weight is 262 g/mol. The summed E-state index contributed by atoms with van der Waals surface area (Å²) < 4.78 is 5.08. The SMILES string of the molecule is O=C(NCc1cccc(Cl)c1)Oc1ccccc1. The van der Waals surface area contributed by atoms with Crippen molar-refractivity contribution in [3.8, 4) is 5.75 Å². The Balaban J connectivity index is 1.85. The number of nitrogens with one attached hydrogen (secondary N) is 1. The van der Waals surface area contributed by atoms with Crippen LogP contribution in [0.25, 0.3) is 0 Å². The largest absolute Gasteiger partial charge is 0.412 e. The van der Waals surface area contributed by atoms with E-state index in [4.69, 9.17) is 16.3 Å². The van der Waals surface area contributed by atoms with Crippen LogP contribution in [-0.2, 0) is 6.54 Å². The first-order chi connectivity index (χ1) is 8.74. The van der Waals surface area contributed by atoms with Gasteiger partial charge in [-0.1, -0.05) is 41.9 Å². The summed E-state index contributed by atoms with van der Waals surface area (Å²) in [6.07, 6.45) is -0.485. The van der Waals surface area contributed by atoms with Crippen LogP contribution < -0.4 is 10.1 Å². The van der Waals surface area contributed by atoms with Gasteiger partial charge in [-0.2, -0.15) is 0 Å². The number of para-hydroxylation sites is 1. The maximum Gasteiger partial charge on any atom is 0.412 e. The van der Waals surface area contributed by atoms with Gasteiger partial charge in [0.1, 0.15) is 5.75 Å². The number of rotatable bonds is 3. The van der Waals surface area contributed by atoms with Gasteiger partial charge in [0.25, 0.3) is 0 Å². The molecule has 2 aromatic rings. The Labute approximate surface area is 110 Å². The Morgan fingerprint density at radius 3 is 2.61 bits per heavy atom. The minimum Gasteiger partial charge on any atom is -0.410 e. The third-order valence-electron chi connectivity index (χ3n) is 2.28. The molecule has 18 heavy (non-hydrogen) atoms. The minimum atomic E-state index is -0.485. The molecule has 0 bridgehead atoms. The van der Waals surface area contributed by atoms with Gasteiger partial charge < -0.3 is 10.1 Å². The monoisotopic (exact) mass is 261 g/mol. The predicted octanol–water partition coefficient (Wildman–Crippen LogP) is 3.63. The highest BCUT2D eigenvalue weighted by molar-refractivity contribution is 6.30. The molecule has 2 aromatic carbocycles. The van der Waals surface area contributed by atoms with Gasteiger partial charge in [0, 0.05) is 11.6 Å².